The third-order valence-corrected chi connectivity index (χ3v) is 4.20. The van der Waals surface area contributed by atoms with Crippen LogP contribution in [-0.4, -0.2) is 5.78 Å². The van der Waals surface area contributed by atoms with Crippen molar-refractivity contribution in [2.45, 2.75) is 19.3 Å². The van der Waals surface area contributed by atoms with Crippen LogP contribution in [0.15, 0.2) is 16.8 Å². The summed E-state index contributed by atoms with van der Waals surface area (Å²) in [5.41, 5.74) is 0.949. The summed E-state index contributed by atoms with van der Waals surface area (Å²) in [5, 5.41) is 3.97. The summed E-state index contributed by atoms with van der Waals surface area (Å²) in [7, 11) is 0. The fourth-order valence-electron chi connectivity index (χ4n) is 2.81. The Labute approximate surface area is 81.8 Å². The quantitative estimate of drug-likeness (QED) is 0.658. The molecule has 1 nitrogen and oxygen atoms in total. The molecule has 0 amide bonds. The van der Waals surface area contributed by atoms with E-state index in [1.807, 2.05) is 16.8 Å². The Kier molecular flexibility index (Phi) is 1.59. The average Bonchev–Trinajstić information content (AvgIpc) is 2.68. The van der Waals surface area contributed by atoms with E-state index in [2.05, 4.69) is 0 Å². The summed E-state index contributed by atoms with van der Waals surface area (Å²) in [6.07, 6.45) is 3.94. The molecule has 2 fully saturated rings. The van der Waals surface area contributed by atoms with Gasteiger partial charge in [0.2, 0.25) is 0 Å². The molecule has 0 aliphatic heterocycles. The highest BCUT2D eigenvalue weighted by molar-refractivity contribution is 7.08. The number of ketones is 1. The minimum Gasteiger partial charge on any atom is -0.294 e. The minimum atomic E-state index is 0.406. The molecule has 0 aromatic carbocycles. The van der Waals surface area contributed by atoms with E-state index >= 15 is 0 Å². The van der Waals surface area contributed by atoms with Gasteiger partial charge in [0.05, 0.1) is 0 Å². The summed E-state index contributed by atoms with van der Waals surface area (Å²) in [4.78, 5) is 11.9. The predicted molar refractivity (Wildman–Crippen MR) is 53.0 cm³/mol. The zero-order chi connectivity index (χ0) is 8.84. The van der Waals surface area contributed by atoms with Crippen LogP contribution in [0.4, 0.5) is 0 Å². The summed E-state index contributed by atoms with van der Waals surface area (Å²) < 4.78 is 0. The first kappa shape index (κ1) is 7.74. The minimum absolute atomic E-state index is 0.406. The van der Waals surface area contributed by atoms with Crippen LogP contribution in [0, 0.1) is 17.8 Å². The van der Waals surface area contributed by atoms with Crippen LogP contribution in [0.25, 0.3) is 0 Å². The standard InChI is InChI=1S/C11H12OS/c12-11(7-4-5-13-6-7)10-8-2-1-3-9(8)10/h4-6,8-10H,1-3H2. The van der Waals surface area contributed by atoms with Crippen molar-refractivity contribution < 1.29 is 4.79 Å². The molecule has 0 N–H and O–H groups in total. The van der Waals surface area contributed by atoms with E-state index in [1.165, 1.54) is 19.3 Å². The molecule has 2 unspecified atom stereocenters. The summed E-state index contributed by atoms with van der Waals surface area (Å²) in [6.45, 7) is 0. The normalized spacial score (nSPS) is 35.8. The third kappa shape index (κ3) is 1.08. The lowest BCUT2D eigenvalue weighted by Crippen LogP contribution is -2.04. The number of rotatable bonds is 2. The van der Waals surface area contributed by atoms with Crippen LogP contribution in [0.2, 0.25) is 0 Å². The highest BCUT2D eigenvalue weighted by Crippen LogP contribution is 2.58. The molecule has 2 aliphatic carbocycles. The van der Waals surface area contributed by atoms with Gasteiger partial charge in [0.25, 0.3) is 0 Å². The summed E-state index contributed by atoms with van der Waals surface area (Å²) >= 11 is 1.62. The van der Waals surface area contributed by atoms with E-state index in [4.69, 9.17) is 0 Å². The molecule has 2 heteroatoms. The van der Waals surface area contributed by atoms with Crippen molar-refractivity contribution in [3.05, 3.63) is 22.4 Å². The Balaban J connectivity index is 1.78. The zero-order valence-corrected chi connectivity index (χ0v) is 8.22. The van der Waals surface area contributed by atoms with E-state index in [1.54, 1.807) is 11.3 Å². The topological polar surface area (TPSA) is 17.1 Å². The molecule has 1 aromatic heterocycles. The van der Waals surface area contributed by atoms with Gasteiger partial charge >= 0.3 is 0 Å². The highest BCUT2D eigenvalue weighted by Gasteiger charge is 2.56. The molecule has 0 saturated heterocycles. The van der Waals surface area contributed by atoms with Crippen molar-refractivity contribution in [2.75, 3.05) is 0 Å². The molecule has 1 heterocycles. The van der Waals surface area contributed by atoms with Crippen LogP contribution >= 0.6 is 11.3 Å². The smallest absolute Gasteiger partial charge is 0.167 e. The second kappa shape index (κ2) is 2.68. The van der Waals surface area contributed by atoms with Gasteiger partial charge in [-0.1, -0.05) is 6.42 Å². The van der Waals surface area contributed by atoms with Crippen molar-refractivity contribution in [1.29, 1.82) is 0 Å². The molecule has 0 spiro atoms. The van der Waals surface area contributed by atoms with Gasteiger partial charge in [-0.3, -0.25) is 4.79 Å². The number of hydrogen-bond donors (Lipinski definition) is 0. The third-order valence-electron chi connectivity index (χ3n) is 3.51. The fraction of sp³-hybridized carbons (Fsp3) is 0.545. The maximum absolute atomic E-state index is 11.9. The van der Waals surface area contributed by atoms with Crippen LogP contribution in [0.5, 0.6) is 0 Å². The molecule has 13 heavy (non-hydrogen) atoms. The van der Waals surface area contributed by atoms with Gasteiger partial charge in [0, 0.05) is 16.9 Å². The van der Waals surface area contributed by atoms with Crippen molar-refractivity contribution in [1.82, 2.24) is 0 Å². The second-order valence-electron chi connectivity index (χ2n) is 4.16. The van der Waals surface area contributed by atoms with Crippen molar-refractivity contribution >= 4 is 17.1 Å². The van der Waals surface area contributed by atoms with E-state index in [0.717, 1.165) is 17.4 Å². The number of carbonyl (C=O) groups excluding carboxylic acids is 1. The van der Waals surface area contributed by atoms with Crippen LogP contribution in [0.3, 0.4) is 0 Å². The number of thiophene rings is 1. The lowest BCUT2D eigenvalue weighted by atomic mass is 10.0. The highest BCUT2D eigenvalue weighted by atomic mass is 32.1. The molecule has 68 valence electrons. The van der Waals surface area contributed by atoms with Gasteiger partial charge in [-0.2, -0.15) is 11.3 Å². The van der Waals surface area contributed by atoms with Crippen molar-refractivity contribution in [2.24, 2.45) is 17.8 Å². The summed E-state index contributed by atoms with van der Waals surface area (Å²) in [5.74, 6) is 2.33. The first-order chi connectivity index (χ1) is 6.38. The van der Waals surface area contributed by atoms with Crippen LogP contribution in [0.1, 0.15) is 29.6 Å². The molecule has 1 aromatic rings. The number of carbonyl (C=O) groups is 1. The number of Topliss-reactive ketones (excluding diaryl/α,β-unsaturated/α-hetero) is 1. The SMILES string of the molecule is O=C(c1ccsc1)C1C2CCCC21. The van der Waals surface area contributed by atoms with E-state index < -0.39 is 0 Å². The Morgan fingerprint density at radius 2 is 2.15 bits per heavy atom. The Morgan fingerprint density at radius 3 is 2.77 bits per heavy atom. The first-order valence-electron chi connectivity index (χ1n) is 4.94. The lowest BCUT2D eigenvalue weighted by Gasteiger charge is -1.99. The van der Waals surface area contributed by atoms with Gasteiger partial charge in [-0.25, -0.2) is 0 Å². The molecule has 2 atom stereocenters. The van der Waals surface area contributed by atoms with Crippen LogP contribution < -0.4 is 0 Å². The van der Waals surface area contributed by atoms with Gasteiger partial charge in [0.15, 0.2) is 5.78 Å². The monoisotopic (exact) mass is 192 g/mol. The molecular weight excluding hydrogens is 180 g/mol. The fourth-order valence-corrected chi connectivity index (χ4v) is 3.45. The molecule has 2 aliphatic rings. The number of fused-ring (bicyclic) bond motifs is 1. The molecular formula is C11H12OS. The van der Waals surface area contributed by atoms with Crippen molar-refractivity contribution in [3.63, 3.8) is 0 Å². The number of hydrogen-bond acceptors (Lipinski definition) is 2. The second-order valence-corrected chi connectivity index (χ2v) is 4.94. The van der Waals surface area contributed by atoms with Gasteiger partial charge in [-0.05, 0) is 36.1 Å². The zero-order valence-electron chi connectivity index (χ0n) is 7.40. The van der Waals surface area contributed by atoms with E-state index in [0.29, 0.717) is 11.7 Å². The molecule has 2 saturated carbocycles. The molecule has 0 radical (unpaired) electrons. The Bertz CT molecular complexity index is 318. The predicted octanol–water partition coefficient (Wildman–Crippen LogP) is 2.98. The van der Waals surface area contributed by atoms with E-state index in [9.17, 15) is 4.79 Å². The lowest BCUT2D eigenvalue weighted by molar-refractivity contribution is 0.0952. The maximum Gasteiger partial charge on any atom is 0.167 e. The van der Waals surface area contributed by atoms with Crippen LogP contribution in [-0.2, 0) is 0 Å². The van der Waals surface area contributed by atoms with Gasteiger partial charge in [-0.15, -0.1) is 0 Å². The largest absolute Gasteiger partial charge is 0.294 e. The van der Waals surface area contributed by atoms with Gasteiger partial charge < -0.3 is 0 Å². The Morgan fingerprint density at radius 1 is 1.38 bits per heavy atom. The molecule has 0 bridgehead atoms. The maximum atomic E-state index is 11.9. The summed E-state index contributed by atoms with van der Waals surface area (Å²) in [6, 6.07) is 1.96. The Hall–Kier alpha value is -0.630. The average molecular weight is 192 g/mol. The molecule has 3 rings (SSSR count). The first-order valence-corrected chi connectivity index (χ1v) is 5.88. The van der Waals surface area contributed by atoms with E-state index in [-0.39, 0.29) is 0 Å². The van der Waals surface area contributed by atoms with Crippen molar-refractivity contribution in [3.8, 4) is 0 Å². The van der Waals surface area contributed by atoms with Gasteiger partial charge in [0.1, 0.15) is 0 Å².